The van der Waals surface area contributed by atoms with Crippen LogP contribution in [0.2, 0.25) is 0 Å². The van der Waals surface area contributed by atoms with Gasteiger partial charge in [-0.25, -0.2) is 9.97 Å². The van der Waals surface area contributed by atoms with E-state index >= 15 is 0 Å². The Bertz CT molecular complexity index is 606. The van der Waals surface area contributed by atoms with Crippen LogP contribution in [0.4, 0.5) is 5.82 Å². The summed E-state index contributed by atoms with van der Waals surface area (Å²) in [4.78, 5) is 9.37. The molecule has 2 aromatic heterocycles. The minimum Gasteiger partial charge on any atom is -0.372 e. The van der Waals surface area contributed by atoms with Crippen molar-refractivity contribution in [2.75, 3.05) is 12.4 Å². The maximum absolute atomic E-state index is 4.75. The molecular weight excluding hydrogens is 377 g/mol. The standard InChI is InChI=1S/C15H22IN5/c1-5-6-21-9-11(8-18-21)14-19-12(7-10(2)3)13(16)15(17-4)20-14/h8-10H,5-7H2,1-4H3,(H,17,19,20). The highest BCUT2D eigenvalue weighted by molar-refractivity contribution is 14.1. The lowest BCUT2D eigenvalue weighted by atomic mass is 10.1. The SMILES string of the molecule is CCCn1cc(-c2nc(CC(C)C)c(I)c(NC)n2)cn1. The van der Waals surface area contributed by atoms with Gasteiger partial charge in [0.25, 0.3) is 0 Å². The van der Waals surface area contributed by atoms with Gasteiger partial charge in [-0.3, -0.25) is 4.68 Å². The van der Waals surface area contributed by atoms with Gasteiger partial charge in [0, 0.05) is 19.8 Å². The molecule has 0 amide bonds. The number of nitrogens with zero attached hydrogens (tertiary/aromatic N) is 4. The van der Waals surface area contributed by atoms with Gasteiger partial charge in [-0.15, -0.1) is 0 Å². The Balaban J connectivity index is 2.42. The largest absolute Gasteiger partial charge is 0.372 e. The minimum absolute atomic E-state index is 0.564. The lowest BCUT2D eigenvalue weighted by molar-refractivity contribution is 0.603. The summed E-state index contributed by atoms with van der Waals surface area (Å²) in [5, 5.41) is 7.53. The van der Waals surface area contributed by atoms with Crippen molar-refractivity contribution in [1.82, 2.24) is 19.7 Å². The van der Waals surface area contributed by atoms with Crippen molar-refractivity contribution in [2.45, 2.75) is 40.2 Å². The van der Waals surface area contributed by atoms with Gasteiger partial charge in [-0.05, 0) is 41.4 Å². The molecule has 0 unspecified atom stereocenters. The van der Waals surface area contributed by atoms with Crippen molar-refractivity contribution < 1.29 is 0 Å². The van der Waals surface area contributed by atoms with Crippen molar-refractivity contribution in [1.29, 1.82) is 0 Å². The second-order valence-corrected chi connectivity index (χ2v) is 6.58. The molecule has 2 heterocycles. The molecule has 21 heavy (non-hydrogen) atoms. The molecule has 0 atom stereocenters. The third-order valence-corrected chi connectivity index (χ3v) is 4.24. The number of halogens is 1. The van der Waals surface area contributed by atoms with E-state index in [2.05, 4.69) is 58.8 Å². The summed E-state index contributed by atoms with van der Waals surface area (Å²) in [7, 11) is 1.90. The van der Waals surface area contributed by atoms with Crippen LogP contribution in [0, 0.1) is 9.49 Å². The summed E-state index contributed by atoms with van der Waals surface area (Å²) in [6.07, 6.45) is 5.88. The zero-order valence-corrected chi connectivity index (χ0v) is 15.2. The fourth-order valence-corrected chi connectivity index (χ4v) is 2.87. The van der Waals surface area contributed by atoms with Crippen LogP contribution in [0.3, 0.4) is 0 Å². The molecule has 0 aromatic carbocycles. The smallest absolute Gasteiger partial charge is 0.165 e. The summed E-state index contributed by atoms with van der Waals surface area (Å²) < 4.78 is 3.05. The number of hydrogen-bond acceptors (Lipinski definition) is 4. The van der Waals surface area contributed by atoms with Crippen LogP contribution < -0.4 is 5.32 Å². The first-order chi connectivity index (χ1) is 10.0. The number of aryl methyl sites for hydroxylation is 1. The second-order valence-electron chi connectivity index (χ2n) is 5.50. The third-order valence-electron chi connectivity index (χ3n) is 3.10. The van der Waals surface area contributed by atoms with Crippen molar-refractivity contribution in [2.24, 2.45) is 5.92 Å². The van der Waals surface area contributed by atoms with Crippen molar-refractivity contribution >= 4 is 28.4 Å². The van der Waals surface area contributed by atoms with Gasteiger partial charge in [0.05, 0.1) is 21.0 Å². The minimum atomic E-state index is 0.564. The Labute approximate surface area is 139 Å². The summed E-state index contributed by atoms with van der Waals surface area (Å²) in [6, 6.07) is 0. The van der Waals surface area contributed by atoms with E-state index in [-0.39, 0.29) is 0 Å². The molecule has 0 aliphatic rings. The van der Waals surface area contributed by atoms with Crippen molar-refractivity contribution in [3.05, 3.63) is 21.7 Å². The Morgan fingerprint density at radius 1 is 1.33 bits per heavy atom. The predicted octanol–water partition coefficient (Wildman–Crippen LogP) is 3.59. The normalized spacial score (nSPS) is 11.1. The van der Waals surface area contributed by atoms with Crippen molar-refractivity contribution in [3.63, 3.8) is 0 Å². The van der Waals surface area contributed by atoms with Crippen LogP contribution in [0.15, 0.2) is 12.4 Å². The maximum atomic E-state index is 4.75. The Morgan fingerprint density at radius 3 is 2.71 bits per heavy atom. The van der Waals surface area contributed by atoms with Crippen molar-refractivity contribution in [3.8, 4) is 11.4 Å². The van der Waals surface area contributed by atoms with E-state index in [1.807, 2.05) is 24.1 Å². The molecule has 0 saturated heterocycles. The quantitative estimate of drug-likeness (QED) is 0.755. The molecule has 0 spiro atoms. The number of hydrogen-bond donors (Lipinski definition) is 1. The Morgan fingerprint density at radius 2 is 2.10 bits per heavy atom. The summed E-state index contributed by atoms with van der Waals surface area (Å²) in [6.45, 7) is 7.47. The Kier molecular flexibility index (Phi) is 5.55. The van der Waals surface area contributed by atoms with Gasteiger partial charge in [-0.2, -0.15) is 5.10 Å². The molecular formula is C15H22IN5. The lowest BCUT2D eigenvalue weighted by Gasteiger charge is -2.12. The molecule has 0 bridgehead atoms. The van der Waals surface area contributed by atoms with Crippen LogP contribution in [-0.4, -0.2) is 26.8 Å². The molecule has 0 saturated carbocycles. The van der Waals surface area contributed by atoms with Crippen LogP contribution in [0.1, 0.15) is 32.9 Å². The van der Waals surface area contributed by atoms with E-state index in [0.717, 1.165) is 45.9 Å². The fraction of sp³-hybridized carbons (Fsp3) is 0.533. The first-order valence-electron chi connectivity index (χ1n) is 7.32. The first-order valence-corrected chi connectivity index (χ1v) is 8.40. The lowest BCUT2D eigenvalue weighted by Crippen LogP contribution is -2.07. The van der Waals surface area contributed by atoms with Gasteiger partial charge in [0.15, 0.2) is 5.82 Å². The molecule has 0 aliphatic carbocycles. The van der Waals surface area contributed by atoms with E-state index in [4.69, 9.17) is 4.98 Å². The Hall–Kier alpha value is -1.18. The number of aromatic nitrogens is 4. The fourth-order valence-electron chi connectivity index (χ4n) is 2.14. The highest BCUT2D eigenvalue weighted by Crippen LogP contribution is 2.25. The average molecular weight is 399 g/mol. The summed E-state index contributed by atoms with van der Waals surface area (Å²) >= 11 is 2.32. The van der Waals surface area contributed by atoms with Gasteiger partial charge in [0.1, 0.15) is 5.82 Å². The van der Waals surface area contributed by atoms with Crippen LogP contribution in [0.25, 0.3) is 11.4 Å². The first kappa shape index (κ1) is 16.2. The molecule has 6 heteroatoms. The molecule has 5 nitrogen and oxygen atoms in total. The van der Waals surface area contributed by atoms with E-state index in [1.54, 1.807) is 0 Å². The molecule has 0 radical (unpaired) electrons. The highest BCUT2D eigenvalue weighted by Gasteiger charge is 2.14. The molecule has 1 N–H and O–H groups in total. The number of nitrogens with one attached hydrogen (secondary N) is 1. The topological polar surface area (TPSA) is 55.6 Å². The number of rotatable bonds is 6. The molecule has 0 aliphatic heterocycles. The zero-order chi connectivity index (χ0) is 15.4. The molecule has 2 aromatic rings. The van der Waals surface area contributed by atoms with Gasteiger partial charge < -0.3 is 5.32 Å². The van der Waals surface area contributed by atoms with E-state index in [0.29, 0.717) is 5.92 Å². The van der Waals surface area contributed by atoms with Gasteiger partial charge >= 0.3 is 0 Å². The zero-order valence-electron chi connectivity index (χ0n) is 13.0. The van der Waals surface area contributed by atoms with Crippen LogP contribution in [-0.2, 0) is 13.0 Å². The van der Waals surface area contributed by atoms with Gasteiger partial charge in [0.2, 0.25) is 0 Å². The predicted molar refractivity (Wildman–Crippen MR) is 94.3 cm³/mol. The van der Waals surface area contributed by atoms with E-state index in [1.165, 1.54) is 0 Å². The summed E-state index contributed by atoms with van der Waals surface area (Å²) in [5.74, 6) is 2.20. The third kappa shape index (κ3) is 3.93. The maximum Gasteiger partial charge on any atom is 0.165 e. The molecule has 0 fully saturated rings. The monoisotopic (exact) mass is 399 g/mol. The number of anilines is 1. The van der Waals surface area contributed by atoms with E-state index < -0.39 is 0 Å². The second kappa shape index (κ2) is 7.20. The van der Waals surface area contributed by atoms with Crippen LogP contribution >= 0.6 is 22.6 Å². The van der Waals surface area contributed by atoms with Gasteiger partial charge in [-0.1, -0.05) is 20.8 Å². The van der Waals surface area contributed by atoms with E-state index in [9.17, 15) is 0 Å². The average Bonchev–Trinajstić information content (AvgIpc) is 2.89. The summed E-state index contributed by atoms with van der Waals surface area (Å²) in [5.41, 5.74) is 2.07. The molecule has 114 valence electrons. The molecule has 2 rings (SSSR count). The highest BCUT2D eigenvalue weighted by atomic mass is 127. The van der Waals surface area contributed by atoms with Crippen LogP contribution in [0.5, 0.6) is 0 Å².